The molecule has 26 heavy (non-hydrogen) atoms. The van der Waals surface area contributed by atoms with Crippen molar-refractivity contribution in [1.29, 1.82) is 0 Å². The highest BCUT2D eigenvalue weighted by molar-refractivity contribution is 5.94. The molecule has 2 aromatic rings. The Labute approximate surface area is 144 Å². The lowest BCUT2D eigenvalue weighted by Gasteiger charge is -2.18. The number of likely N-dealkylation sites (tertiary alicyclic amines) is 1. The third-order valence-corrected chi connectivity index (χ3v) is 4.29. The van der Waals surface area contributed by atoms with Gasteiger partial charge in [0.1, 0.15) is 11.5 Å². The molecule has 1 aromatic carbocycles. The van der Waals surface area contributed by atoms with Crippen molar-refractivity contribution in [3.05, 3.63) is 41.8 Å². The summed E-state index contributed by atoms with van der Waals surface area (Å²) in [5, 5.41) is 15.3. The molecule has 6 nitrogen and oxygen atoms in total. The summed E-state index contributed by atoms with van der Waals surface area (Å²) in [6.07, 6.45) is -4.72. The summed E-state index contributed by atoms with van der Waals surface area (Å²) in [5.41, 5.74) is 0.755. The summed E-state index contributed by atoms with van der Waals surface area (Å²) in [5.74, 6) is -6.65. The van der Waals surface area contributed by atoms with Crippen LogP contribution in [0.25, 0.3) is 11.3 Å². The lowest BCUT2D eigenvalue weighted by molar-refractivity contribution is -0.187. The average Bonchev–Trinajstić information content (AvgIpc) is 3.22. The molecule has 2 heterocycles. The maximum absolute atomic E-state index is 13.0. The number of benzene rings is 1. The number of hydrogen-bond donors (Lipinski definition) is 2. The molecule has 1 aliphatic rings. The first-order valence-corrected chi connectivity index (χ1v) is 7.57. The van der Waals surface area contributed by atoms with E-state index in [1.807, 2.05) is 0 Å². The highest BCUT2D eigenvalue weighted by atomic mass is 19.4. The van der Waals surface area contributed by atoms with Gasteiger partial charge in [-0.2, -0.15) is 18.3 Å². The van der Waals surface area contributed by atoms with E-state index in [9.17, 15) is 27.2 Å². The second-order valence-corrected chi connectivity index (χ2v) is 5.98. The van der Waals surface area contributed by atoms with E-state index in [2.05, 4.69) is 10.2 Å². The number of carbonyl (C=O) groups is 2. The van der Waals surface area contributed by atoms with Crippen LogP contribution in [0.5, 0.6) is 0 Å². The topological polar surface area (TPSA) is 86.3 Å². The number of H-pyrrole nitrogens is 1. The SMILES string of the molecule is O=C(O)[C@@H]1CN(C(=O)c2cc(-c3ccc(F)cc3)n[nH]2)C[C@H]1C(F)(F)F. The molecule has 3 rings (SSSR count). The van der Waals surface area contributed by atoms with Crippen LogP contribution >= 0.6 is 0 Å². The maximum atomic E-state index is 13.0. The molecule has 138 valence electrons. The van der Waals surface area contributed by atoms with Gasteiger partial charge in [-0.05, 0) is 30.3 Å². The van der Waals surface area contributed by atoms with Crippen molar-refractivity contribution in [2.45, 2.75) is 6.18 Å². The molecule has 0 saturated carbocycles. The van der Waals surface area contributed by atoms with Gasteiger partial charge in [0.05, 0.1) is 17.5 Å². The standard InChI is InChI=1S/C16H13F4N3O3/c17-9-3-1-8(2-4-9)12-5-13(22-21-12)14(24)23-6-10(15(25)26)11(7-23)16(18,19)20/h1-5,10-11H,6-7H2,(H,21,22)(H,25,26)/t10-,11-/m1/s1. The molecule has 1 saturated heterocycles. The third kappa shape index (κ3) is 3.39. The minimum Gasteiger partial charge on any atom is -0.481 e. The van der Waals surface area contributed by atoms with E-state index >= 15 is 0 Å². The van der Waals surface area contributed by atoms with Crippen LogP contribution < -0.4 is 0 Å². The first-order chi connectivity index (χ1) is 12.2. The summed E-state index contributed by atoms with van der Waals surface area (Å²) in [4.78, 5) is 24.4. The Morgan fingerprint density at radius 3 is 2.38 bits per heavy atom. The maximum Gasteiger partial charge on any atom is 0.394 e. The van der Waals surface area contributed by atoms with Crippen LogP contribution in [0.15, 0.2) is 30.3 Å². The highest BCUT2D eigenvalue weighted by Crippen LogP contribution is 2.38. The van der Waals surface area contributed by atoms with Gasteiger partial charge in [0, 0.05) is 18.7 Å². The summed E-state index contributed by atoms with van der Waals surface area (Å²) >= 11 is 0. The fourth-order valence-electron chi connectivity index (χ4n) is 2.92. The van der Waals surface area contributed by atoms with Crippen molar-refractivity contribution < 1.29 is 32.3 Å². The predicted octanol–water partition coefficient (Wildman–Crippen LogP) is 2.55. The van der Waals surface area contributed by atoms with E-state index in [1.54, 1.807) is 0 Å². The largest absolute Gasteiger partial charge is 0.481 e. The van der Waals surface area contributed by atoms with E-state index in [0.29, 0.717) is 11.3 Å². The zero-order valence-corrected chi connectivity index (χ0v) is 13.1. The van der Waals surface area contributed by atoms with Gasteiger partial charge in [-0.15, -0.1) is 0 Å². The molecule has 1 aliphatic heterocycles. The smallest absolute Gasteiger partial charge is 0.394 e. The number of carbonyl (C=O) groups excluding carboxylic acids is 1. The van der Waals surface area contributed by atoms with Crippen LogP contribution in [-0.2, 0) is 4.79 Å². The molecule has 2 N–H and O–H groups in total. The van der Waals surface area contributed by atoms with Crippen molar-refractivity contribution >= 4 is 11.9 Å². The summed E-state index contributed by atoms with van der Waals surface area (Å²) in [6, 6.07) is 6.62. The number of aromatic amines is 1. The molecular formula is C16H13F4N3O3. The van der Waals surface area contributed by atoms with Gasteiger partial charge in [-0.25, -0.2) is 4.39 Å². The van der Waals surface area contributed by atoms with Gasteiger partial charge in [0.2, 0.25) is 0 Å². The molecule has 10 heteroatoms. The highest BCUT2D eigenvalue weighted by Gasteiger charge is 2.53. The van der Waals surface area contributed by atoms with Crippen LogP contribution in [0.3, 0.4) is 0 Å². The minimum absolute atomic E-state index is 0.0729. The molecule has 0 spiro atoms. The van der Waals surface area contributed by atoms with E-state index in [1.165, 1.54) is 30.3 Å². The fourth-order valence-corrected chi connectivity index (χ4v) is 2.92. The lowest BCUT2D eigenvalue weighted by atomic mass is 9.96. The Morgan fingerprint density at radius 2 is 1.85 bits per heavy atom. The molecule has 2 atom stereocenters. The summed E-state index contributed by atoms with van der Waals surface area (Å²) in [7, 11) is 0. The predicted molar refractivity (Wildman–Crippen MR) is 80.6 cm³/mol. The average molecular weight is 371 g/mol. The number of halogens is 4. The molecule has 0 radical (unpaired) electrons. The van der Waals surface area contributed by atoms with Crippen molar-refractivity contribution in [1.82, 2.24) is 15.1 Å². The van der Waals surface area contributed by atoms with Crippen LogP contribution in [0.4, 0.5) is 17.6 Å². The van der Waals surface area contributed by atoms with Crippen LogP contribution in [0, 0.1) is 17.7 Å². The van der Waals surface area contributed by atoms with Crippen LogP contribution in [0.2, 0.25) is 0 Å². The van der Waals surface area contributed by atoms with Crippen LogP contribution in [-0.4, -0.2) is 51.3 Å². The van der Waals surface area contributed by atoms with Crippen molar-refractivity contribution in [3.63, 3.8) is 0 Å². The first-order valence-electron chi connectivity index (χ1n) is 7.57. The van der Waals surface area contributed by atoms with Crippen molar-refractivity contribution in [3.8, 4) is 11.3 Å². The van der Waals surface area contributed by atoms with E-state index in [-0.39, 0.29) is 5.69 Å². The molecule has 1 fully saturated rings. The Balaban J connectivity index is 1.80. The normalized spacial score (nSPS) is 20.4. The summed E-state index contributed by atoms with van der Waals surface area (Å²) < 4.78 is 52.0. The number of carboxylic acids is 1. The zero-order chi connectivity index (χ0) is 19.1. The van der Waals surface area contributed by atoms with Crippen molar-refractivity contribution in [2.24, 2.45) is 11.8 Å². The molecule has 0 unspecified atom stereocenters. The number of nitrogens with one attached hydrogen (secondary N) is 1. The number of rotatable bonds is 3. The lowest BCUT2D eigenvalue weighted by Crippen LogP contribution is -2.34. The fraction of sp³-hybridized carbons (Fsp3) is 0.312. The summed E-state index contributed by atoms with van der Waals surface area (Å²) in [6.45, 7) is -1.27. The van der Waals surface area contributed by atoms with E-state index in [0.717, 1.165) is 4.90 Å². The van der Waals surface area contributed by atoms with Gasteiger partial charge < -0.3 is 10.0 Å². The van der Waals surface area contributed by atoms with Crippen molar-refractivity contribution in [2.75, 3.05) is 13.1 Å². The van der Waals surface area contributed by atoms with E-state index < -0.39 is 48.8 Å². The first kappa shape index (κ1) is 17.9. The monoisotopic (exact) mass is 371 g/mol. The minimum atomic E-state index is -4.72. The van der Waals surface area contributed by atoms with Gasteiger partial charge >= 0.3 is 12.1 Å². The molecular weight excluding hydrogens is 358 g/mol. The van der Waals surface area contributed by atoms with Gasteiger partial charge in [0.25, 0.3) is 5.91 Å². The van der Waals surface area contributed by atoms with Gasteiger partial charge in [-0.1, -0.05) is 0 Å². The Bertz CT molecular complexity index is 832. The molecule has 0 bridgehead atoms. The number of aromatic nitrogens is 2. The number of alkyl halides is 3. The quantitative estimate of drug-likeness (QED) is 0.812. The Hall–Kier alpha value is -2.91. The number of aliphatic carboxylic acids is 1. The third-order valence-electron chi connectivity index (χ3n) is 4.29. The number of nitrogens with zero attached hydrogens (tertiary/aromatic N) is 2. The van der Waals surface area contributed by atoms with Crippen LogP contribution in [0.1, 0.15) is 10.5 Å². The second-order valence-electron chi connectivity index (χ2n) is 5.98. The molecule has 1 amide bonds. The Kier molecular flexibility index (Phi) is 4.43. The van der Waals surface area contributed by atoms with Gasteiger partial charge in [0.15, 0.2) is 0 Å². The number of hydrogen-bond acceptors (Lipinski definition) is 3. The second kappa shape index (κ2) is 6.43. The molecule has 0 aliphatic carbocycles. The number of carboxylic acid groups (broad SMARTS) is 1. The number of amides is 1. The molecule has 1 aromatic heterocycles. The van der Waals surface area contributed by atoms with E-state index in [4.69, 9.17) is 5.11 Å². The Morgan fingerprint density at radius 1 is 1.19 bits per heavy atom. The van der Waals surface area contributed by atoms with Gasteiger partial charge in [-0.3, -0.25) is 14.7 Å². The zero-order valence-electron chi connectivity index (χ0n) is 13.1.